The number of aliphatic hydroxyl groups excluding tert-OH is 1. The van der Waals surface area contributed by atoms with Crippen LogP contribution in [0, 0.1) is 23.2 Å². The first-order valence-corrected chi connectivity index (χ1v) is 19.1. The van der Waals surface area contributed by atoms with Crippen LogP contribution in [-0.2, 0) is 27.2 Å². The van der Waals surface area contributed by atoms with E-state index < -0.39 is 48.1 Å². The molecule has 0 aliphatic heterocycles. The molecule has 1 aromatic rings. The number of hydrogen-bond donors (Lipinski definition) is 2. The summed E-state index contributed by atoms with van der Waals surface area (Å²) in [6, 6.07) is 5.86. The average Bonchev–Trinajstić information content (AvgIpc) is 3.32. The number of unbranched alkanes of at least 4 members (excludes halogenated alkanes) is 6. The Morgan fingerprint density at radius 2 is 1.62 bits per heavy atom. The molecule has 1 aromatic carbocycles. The third-order valence-corrected chi connectivity index (χ3v) is 12.8. The highest BCUT2D eigenvalue weighted by Crippen LogP contribution is 2.62. The number of hydrogen-bond acceptors (Lipinski definition) is 5. The minimum atomic E-state index is -5.57. The molecule has 48 heavy (non-hydrogen) atoms. The normalized spacial score (nSPS) is 27.5. The fraction of sp³-hybridized carbons (Fsp3) is 0.778. The standard InChI is InChI=1S/C36H51F5O6S/c1-34-19-17-28-27-12-11-26(47-32(45)16-15-31(43)44)23-25(27)22-24(33(28)29(34)13-14-30(34)42)10-7-5-3-2-4-6-8-20-48(46)21-9-18-35(37,38)36(39,40)41/h11-12,23-24,28-30,33,42H,2-10,13-22H2,1H3,(H,43,44)/t24-,28-,29+,30+,33-,34+,48?/m1/s1. The molecule has 0 spiro atoms. The van der Waals surface area contributed by atoms with E-state index in [1.54, 1.807) is 0 Å². The van der Waals surface area contributed by atoms with E-state index in [9.17, 15) is 41.2 Å². The number of benzene rings is 1. The molecular formula is C36H51F5O6S. The Balaban J connectivity index is 1.23. The van der Waals surface area contributed by atoms with Crippen molar-refractivity contribution in [3.8, 4) is 5.75 Å². The van der Waals surface area contributed by atoms with Crippen LogP contribution in [-0.4, -0.2) is 56.4 Å². The highest BCUT2D eigenvalue weighted by atomic mass is 32.2. The van der Waals surface area contributed by atoms with E-state index in [4.69, 9.17) is 9.84 Å². The number of fused-ring (bicyclic) bond motifs is 5. The van der Waals surface area contributed by atoms with E-state index in [1.165, 1.54) is 11.1 Å². The Hall–Kier alpha value is -1.92. The van der Waals surface area contributed by atoms with Crippen molar-refractivity contribution in [2.45, 2.75) is 140 Å². The number of carbonyl (C=O) groups excluding carboxylic acids is 1. The van der Waals surface area contributed by atoms with Gasteiger partial charge in [-0.15, -0.1) is 0 Å². The molecule has 0 amide bonds. The molecule has 0 saturated heterocycles. The lowest BCUT2D eigenvalue weighted by Crippen LogP contribution is -2.47. The van der Waals surface area contributed by atoms with Gasteiger partial charge in [-0.3, -0.25) is 9.59 Å². The number of carbonyl (C=O) groups is 2. The van der Waals surface area contributed by atoms with E-state index in [2.05, 4.69) is 13.0 Å². The van der Waals surface area contributed by atoms with Crippen molar-refractivity contribution in [1.29, 1.82) is 0 Å². The Morgan fingerprint density at radius 3 is 2.31 bits per heavy atom. The van der Waals surface area contributed by atoms with Crippen molar-refractivity contribution in [2.75, 3.05) is 11.5 Å². The highest BCUT2D eigenvalue weighted by molar-refractivity contribution is 7.91. The third-order valence-electron chi connectivity index (χ3n) is 11.3. The summed E-state index contributed by atoms with van der Waals surface area (Å²) >= 11 is -1.39. The van der Waals surface area contributed by atoms with Crippen molar-refractivity contribution >= 4 is 23.1 Å². The zero-order valence-corrected chi connectivity index (χ0v) is 28.7. The Labute approximate surface area is 283 Å². The Bertz CT molecular complexity index is 1230. The van der Waals surface area contributed by atoms with Gasteiger partial charge in [0.15, 0.2) is 0 Å². The number of ether oxygens (including phenoxy) is 1. The number of alkyl halides is 5. The van der Waals surface area contributed by atoms with E-state index in [-0.39, 0.29) is 30.1 Å². The van der Waals surface area contributed by atoms with Crippen LogP contribution < -0.4 is 4.74 Å². The van der Waals surface area contributed by atoms with E-state index in [0.717, 1.165) is 77.0 Å². The SMILES string of the molecule is C[C@]12CC[C@@H]3c4ccc(OC(=O)CCC(=O)O)cc4C[C@@H](CCCCCCCCC[S+]([O-])CCCC(F)(F)C(F)(F)F)[C@H]3[C@@H]1CC[C@@H]2O. The molecule has 272 valence electrons. The van der Waals surface area contributed by atoms with Crippen molar-refractivity contribution in [2.24, 2.45) is 23.2 Å². The predicted molar refractivity (Wildman–Crippen MR) is 173 cm³/mol. The molecule has 12 heteroatoms. The van der Waals surface area contributed by atoms with Crippen LogP contribution in [0.2, 0.25) is 0 Å². The molecule has 0 heterocycles. The van der Waals surface area contributed by atoms with Gasteiger partial charge in [-0.05, 0) is 110 Å². The first kappa shape index (κ1) is 38.9. The molecule has 0 aromatic heterocycles. The molecule has 0 bridgehead atoms. The lowest BCUT2D eigenvalue weighted by molar-refractivity contribution is -0.284. The van der Waals surface area contributed by atoms with Crippen molar-refractivity contribution < 1.29 is 51.0 Å². The van der Waals surface area contributed by atoms with Crippen LogP contribution in [0.25, 0.3) is 0 Å². The van der Waals surface area contributed by atoms with Crippen molar-refractivity contribution in [3.63, 3.8) is 0 Å². The maximum absolute atomic E-state index is 13.0. The van der Waals surface area contributed by atoms with Crippen LogP contribution in [0.3, 0.4) is 0 Å². The quantitative estimate of drug-likeness (QED) is 0.0520. The molecule has 3 aliphatic carbocycles. The maximum atomic E-state index is 13.0. The molecule has 6 nitrogen and oxygen atoms in total. The number of carboxylic acids is 1. The first-order valence-electron chi connectivity index (χ1n) is 17.7. The zero-order chi connectivity index (χ0) is 35.1. The fourth-order valence-electron chi connectivity index (χ4n) is 8.73. The summed E-state index contributed by atoms with van der Waals surface area (Å²) in [5.41, 5.74) is 2.44. The minimum absolute atomic E-state index is 0.0612. The number of rotatable bonds is 18. The fourth-order valence-corrected chi connectivity index (χ4v) is 9.93. The van der Waals surface area contributed by atoms with Gasteiger partial charge in [0.1, 0.15) is 17.3 Å². The van der Waals surface area contributed by atoms with Gasteiger partial charge in [0.25, 0.3) is 0 Å². The molecule has 3 aliphatic rings. The number of aliphatic hydroxyl groups is 1. The highest BCUT2D eigenvalue weighted by Gasteiger charge is 2.57. The molecule has 2 fully saturated rings. The summed E-state index contributed by atoms with van der Waals surface area (Å²) in [5.74, 6) is -3.92. The summed E-state index contributed by atoms with van der Waals surface area (Å²) in [6.45, 7) is 2.26. The second-order valence-electron chi connectivity index (χ2n) is 14.5. The third kappa shape index (κ3) is 9.86. The molecule has 4 rings (SSSR count). The van der Waals surface area contributed by atoms with Gasteiger partial charge in [0.05, 0.1) is 18.9 Å². The van der Waals surface area contributed by atoms with Crippen molar-refractivity contribution in [1.82, 2.24) is 0 Å². The summed E-state index contributed by atoms with van der Waals surface area (Å²) in [4.78, 5) is 23.0. The van der Waals surface area contributed by atoms with Gasteiger partial charge < -0.3 is 19.5 Å². The van der Waals surface area contributed by atoms with Gasteiger partial charge >= 0.3 is 24.0 Å². The second-order valence-corrected chi connectivity index (χ2v) is 16.2. The topological polar surface area (TPSA) is 107 Å². The van der Waals surface area contributed by atoms with Crippen LogP contribution in [0.1, 0.15) is 127 Å². The molecule has 0 radical (unpaired) electrons. The first-order chi connectivity index (χ1) is 22.6. The van der Waals surface area contributed by atoms with E-state index >= 15 is 0 Å². The summed E-state index contributed by atoms with van der Waals surface area (Å²) in [7, 11) is 0. The molecular weight excluding hydrogens is 655 g/mol. The van der Waals surface area contributed by atoms with Gasteiger partial charge in [0, 0.05) is 6.42 Å². The number of carboxylic acid groups (broad SMARTS) is 1. The van der Waals surface area contributed by atoms with Crippen LogP contribution in [0.5, 0.6) is 5.75 Å². The number of halogens is 5. The van der Waals surface area contributed by atoms with E-state index in [0.29, 0.717) is 41.6 Å². The Kier molecular flexibility index (Phi) is 13.7. The summed E-state index contributed by atoms with van der Waals surface area (Å²) in [6.07, 6.45) is 4.49. The minimum Gasteiger partial charge on any atom is -0.616 e. The lowest BCUT2D eigenvalue weighted by Gasteiger charge is -2.53. The van der Waals surface area contributed by atoms with E-state index in [1.807, 2.05) is 12.1 Å². The summed E-state index contributed by atoms with van der Waals surface area (Å²) < 4.78 is 80.4. The van der Waals surface area contributed by atoms with Crippen LogP contribution in [0.15, 0.2) is 18.2 Å². The number of aliphatic carboxylic acids is 1. The largest absolute Gasteiger partial charge is 0.616 e. The zero-order valence-electron chi connectivity index (χ0n) is 27.9. The van der Waals surface area contributed by atoms with Gasteiger partial charge in [-0.2, -0.15) is 22.0 Å². The summed E-state index contributed by atoms with van der Waals surface area (Å²) in [5, 5.41) is 19.8. The monoisotopic (exact) mass is 706 g/mol. The second kappa shape index (κ2) is 16.9. The van der Waals surface area contributed by atoms with Crippen molar-refractivity contribution in [3.05, 3.63) is 29.3 Å². The van der Waals surface area contributed by atoms with Crippen LogP contribution >= 0.6 is 0 Å². The molecule has 7 atom stereocenters. The molecule has 1 unspecified atom stereocenters. The number of esters is 1. The van der Waals surface area contributed by atoms with Gasteiger partial charge in [-0.25, -0.2) is 0 Å². The van der Waals surface area contributed by atoms with Gasteiger partial charge in [0.2, 0.25) is 0 Å². The van der Waals surface area contributed by atoms with Gasteiger partial charge in [-0.1, -0.05) is 56.3 Å². The van der Waals surface area contributed by atoms with Crippen LogP contribution in [0.4, 0.5) is 22.0 Å². The average molecular weight is 707 g/mol. The Morgan fingerprint density at radius 1 is 0.958 bits per heavy atom. The maximum Gasteiger partial charge on any atom is 0.453 e. The lowest BCUT2D eigenvalue weighted by atomic mass is 9.52. The molecule has 2 N–H and O–H groups in total. The predicted octanol–water partition coefficient (Wildman–Crippen LogP) is 8.75. The molecule has 2 saturated carbocycles. The smallest absolute Gasteiger partial charge is 0.453 e.